The van der Waals surface area contributed by atoms with E-state index in [0.717, 1.165) is 16.9 Å². The summed E-state index contributed by atoms with van der Waals surface area (Å²) in [5, 5.41) is 3.16. The average Bonchev–Trinajstić information content (AvgIpc) is 2.12. The summed E-state index contributed by atoms with van der Waals surface area (Å²) in [4.78, 5) is 0. The normalized spacial score (nSPS) is 10.7. The van der Waals surface area contributed by atoms with E-state index in [1.807, 2.05) is 38.3 Å². The Hall–Kier alpha value is -1.44. The Morgan fingerprint density at radius 1 is 1.38 bits per heavy atom. The molecule has 13 heavy (non-hydrogen) atoms. The van der Waals surface area contributed by atoms with Crippen LogP contribution in [0.5, 0.6) is 0 Å². The van der Waals surface area contributed by atoms with Gasteiger partial charge in [0, 0.05) is 24.0 Å². The third kappa shape index (κ3) is 1.83. The van der Waals surface area contributed by atoms with Crippen LogP contribution in [0, 0.1) is 6.92 Å². The second-order valence-corrected chi connectivity index (χ2v) is 3.01. The second-order valence-electron chi connectivity index (χ2n) is 3.01. The first-order valence-corrected chi connectivity index (χ1v) is 4.40. The number of allylic oxidation sites excluding steroid dienone is 1. The lowest BCUT2D eigenvalue weighted by molar-refractivity contribution is 1.39. The van der Waals surface area contributed by atoms with Crippen LogP contribution >= 0.6 is 0 Å². The van der Waals surface area contributed by atoms with Gasteiger partial charge in [-0.3, -0.25) is 0 Å². The van der Waals surface area contributed by atoms with Gasteiger partial charge in [0.25, 0.3) is 0 Å². The summed E-state index contributed by atoms with van der Waals surface area (Å²) in [5.74, 6) is 0. The van der Waals surface area contributed by atoms with Crippen molar-refractivity contribution in [2.45, 2.75) is 13.8 Å². The number of benzene rings is 1. The van der Waals surface area contributed by atoms with Gasteiger partial charge in [-0.15, -0.1) is 0 Å². The maximum absolute atomic E-state index is 5.86. The molecule has 70 valence electrons. The van der Waals surface area contributed by atoms with Crippen molar-refractivity contribution in [1.29, 1.82) is 0 Å². The van der Waals surface area contributed by atoms with E-state index in [-0.39, 0.29) is 0 Å². The molecule has 0 bridgehead atoms. The largest absolute Gasteiger partial charge is 0.398 e. The molecule has 0 aliphatic carbocycles. The van der Waals surface area contributed by atoms with E-state index in [2.05, 4.69) is 12.2 Å². The molecule has 0 aromatic heterocycles. The van der Waals surface area contributed by atoms with Crippen molar-refractivity contribution in [2.24, 2.45) is 0 Å². The van der Waals surface area contributed by atoms with Gasteiger partial charge >= 0.3 is 0 Å². The van der Waals surface area contributed by atoms with Crippen molar-refractivity contribution < 1.29 is 0 Å². The fourth-order valence-electron chi connectivity index (χ4n) is 1.42. The fraction of sp³-hybridized carbons (Fsp3) is 0.273. The minimum atomic E-state index is 0.813. The molecule has 0 aliphatic rings. The molecular weight excluding hydrogens is 160 g/mol. The Kier molecular flexibility index (Phi) is 2.96. The molecule has 0 unspecified atom stereocenters. The fourth-order valence-corrected chi connectivity index (χ4v) is 1.42. The molecule has 0 saturated carbocycles. The second kappa shape index (κ2) is 3.99. The molecular formula is C11H16N2. The van der Waals surface area contributed by atoms with E-state index in [9.17, 15) is 0 Å². The number of hydrogen-bond acceptors (Lipinski definition) is 2. The molecule has 1 aromatic rings. The topological polar surface area (TPSA) is 38.0 Å². The zero-order chi connectivity index (χ0) is 9.84. The zero-order valence-electron chi connectivity index (χ0n) is 8.39. The van der Waals surface area contributed by atoms with Crippen LogP contribution in [0.4, 0.5) is 11.4 Å². The Bertz CT molecular complexity index is 327. The lowest BCUT2D eigenvalue weighted by Gasteiger charge is -2.11. The van der Waals surface area contributed by atoms with Crippen molar-refractivity contribution in [3.05, 3.63) is 29.3 Å². The molecule has 3 N–H and O–H groups in total. The molecule has 0 aliphatic heterocycles. The lowest BCUT2D eigenvalue weighted by atomic mass is 10.1. The summed E-state index contributed by atoms with van der Waals surface area (Å²) < 4.78 is 0. The molecule has 2 nitrogen and oxygen atoms in total. The first-order chi connectivity index (χ1) is 6.20. The molecule has 0 fully saturated rings. The van der Waals surface area contributed by atoms with Crippen molar-refractivity contribution in [3.8, 4) is 0 Å². The lowest BCUT2D eigenvalue weighted by Crippen LogP contribution is -1.99. The summed E-state index contributed by atoms with van der Waals surface area (Å²) >= 11 is 0. The molecule has 1 rings (SSSR count). The van der Waals surface area contributed by atoms with Gasteiger partial charge in [0.1, 0.15) is 0 Å². The Balaban J connectivity index is 3.34. The minimum absolute atomic E-state index is 0.813. The summed E-state index contributed by atoms with van der Waals surface area (Å²) in [5.41, 5.74) is 10.1. The highest BCUT2D eigenvalue weighted by Gasteiger charge is 2.04. The number of aryl methyl sites for hydroxylation is 1. The Morgan fingerprint density at radius 3 is 2.62 bits per heavy atom. The molecule has 2 heteroatoms. The van der Waals surface area contributed by atoms with Gasteiger partial charge in [0.15, 0.2) is 0 Å². The van der Waals surface area contributed by atoms with Gasteiger partial charge < -0.3 is 11.1 Å². The Labute approximate surface area is 79.5 Å². The maximum Gasteiger partial charge on any atom is 0.0461 e. The summed E-state index contributed by atoms with van der Waals surface area (Å²) in [7, 11) is 1.91. The van der Waals surface area contributed by atoms with Crippen LogP contribution in [0.3, 0.4) is 0 Å². The van der Waals surface area contributed by atoms with Gasteiger partial charge in [-0.2, -0.15) is 0 Å². The number of nitrogens with two attached hydrogens (primary N) is 1. The van der Waals surface area contributed by atoms with Crippen LogP contribution in [0.25, 0.3) is 6.08 Å². The van der Waals surface area contributed by atoms with Gasteiger partial charge in [-0.05, 0) is 25.5 Å². The van der Waals surface area contributed by atoms with E-state index in [0.29, 0.717) is 0 Å². The van der Waals surface area contributed by atoms with E-state index < -0.39 is 0 Å². The monoisotopic (exact) mass is 176 g/mol. The van der Waals surface area contributed by atoms with Crippen LogP contribution in [0.2, 0.25) is 0 Å². The van der Waals surface area contributed by atoms with Crippen LogP contribution in [0.1, 0.15) is 18.1 Å². The average molecular weight is 176 g/mol. The van der Waals surface area contributed by atoms with Gasteiger partial charge in [0.05, 0.1) is 0 Å². The molecule has 0 radical (unpaired) electrons. The first kappa shape index (κ1) is 9.65. The van der Waals surface area contributed by atoms with Crippen molar-refractivity contribution in [3.63, 3.8) is 0 Å². The number of nitrogen functional groups attached to an aromatic ring is 1. The van der Waals surface area contributed by atoms with Gasteiger partial charge in [-0.25, -0.2) is 0 Å². The van der Waals surface area contributed by atoms with E-state index >= 15 is 0 Å². The Morgan fingerprint density at radius 2 is 2.08 bits per heavy atom. The zero-order valence-corrected chi connectivity index (χ0v) is 8.39. The van der Waals surface area contributed by atoms with Crippen molar-refractivity contribution >= 4 is 17.5 Å². The molecule has 0 amide bonds. The van der Waals surface area contributed by atoms with Crippen LogP contribution in [-0.4, -0.2) is 7.05 Å². The predicted octanol–water partition coefficient (Wildman–Crippen LogP) is 2.65. The molecule has 1 aromatic carbocycles. The first-order valence-electron chi connectivity index (χ1n) is 4.40. The maximum atomic E-state index is 5.86. The van der Waals surface area contributed by atoms with Gasteiger partial charge in [-0.1, -0.05) is 18.2 Å². The summed E-state index contributed by atoms with van der Waals surface area (Å²) in [6.45, 7) is 4.06. The number of nitrogens with one attached hydrogen (secondary N) is 1. The van der Waals surface area contributed by atoms with E-state index in [1.165, 1.54) is 5.56 Å². The number of anilines is 2. The van der Waals surface area contributed by atoms with Crippen LogP contribution in [-0.2, 0) is 0 Å². The van der Waals surface area contributed by atoms with E-state index in [4.69, 9.17) is 5.73 Å². The quantitative estimate of drug-likeness (QED) is 0.680. The highest BCUT2D eigenvalue weighted by molar-refractivity contribution is 5.78. The summed E-state index contributed by atoms with van der Waals surface area (Å²) in [6.07, 6.45) is 4.01. The highest BCUT2D eigenvalue weighted by atomic mass is 14.8. The van der Waals surface area contributed by atoms with Crippen LogP contribution in [0.15, 0.2) is 18.2 Å². The summed E-state index contributed by atoms with van der Waals surface area (Å²) in [6, 6.07) is 3.96. The smallest absolute Gasteiger partial charge is 0.0461 e. The predicted molar refractivity (Wildman–Crippen MR) is 59.8 cm³/mol. The highest BCUT2D eigenvalue weighted by Crippen LogP contribution is 2.26. The standard InChI is InChI=1S/C11H16N2/c1-4-5-9-10(12)7-6-8(2)11(9)13-3/h4-7,13H,12H2,1-3H3/b5-4+. The SMILES string of the molecule is C/C=C/c1c(N)ccc(C)c1NC. The number of rotatable bonds is 2. The van der Waals surface area contributed by atoms with Crippen molar-refractivity contribution in [2.75, 3.05) is 18.1 Å². The third-order valence-corrected chi connectivity index (χ3v) is 2.07. The molecule has 0 saturated heterocycles. The molecule has 0 heterocycles. The van der Waals surface area contributed by atoms with E-state index in [1.54, 1.807) is 0 Å². The number of hydrogen-bond donors (Lipinski definition) is 2. The van der Waals surface area contributed by atoms with Crippen molar-refractivity contribution in [1.82, 2.24) is 0 Å². The third-order valence-electron chi connectivity index (χ3n) is 2.07. The minimum Gasteiger partial charge on any atom is -0.398 e. The van der Waals surface area contributed by atoms with Crippen LogP contribution < -0.4 is 11.1 Å². The molecule has 0 atom stereocenters. The molecule has 0 spiro atoms. The van der Waals surface area contributed by atoms with Gasteiger partial charge in [0.2, 0.25) is 0 Å².